The summed E-state index contributed by atoms with van der Waals surface area (Å²) in [5.74, 6) is 0.574. The number of ether oxygens (including phenoxy) is 3. The Morgan fingerprint density at radius 2 is 2.00 bits per heavy atom. The third-order valence-corrected chi connectivity index (χ3v) is 6.66. The smallest absolute Gasteiger partial charge is 0.320 e. The SMILES string of the molecule is CC1OC(=O)C2CC3CCCCC3C(OC(=O)CN3CCOCC3)C12. The van der Waals surface area contributed by atoms with Crippen molar-refractivity contribution in [1.29, 1.82) is 0 Å². The highest BCUT2D eigenvalue weighted by atomic mass is 16.6. The summed E-state index contributed by atoms with van der Waals surface area (Å²) in [5, 5.41) is 0. The fourth-order valence-corrected chi connectivity index (χ4v) is 5.45. The molecule has 4 aliphatic rings. The van der Waals surface area contributed by atoms with Gasteiger partial charge in [-0.1, -0.05) is 19.3 Å². The van der Waals surface area contributed by atoms with Crippen molar-refractivity contribution in [2.45, 2.75) is 51.2 Å². The molecule has 0 amide bonds. The van der Waals surface area contributed by atoms with E-state index in [-0.39, 0.29) is 36.0 Å². The molecule has 2 saturated carbocycles. The zero-order chi connectivity index (χ0) is 17.4. The van der Waals surface area contributed by atoms with Gasteiger partial charge in [0.15, 0.2) is 0 Å². The molecule has 0 spiro atoms. The van der Waals surface area contributed by atoms with E-state index in [1.807, 2.05) is 6.92 Å². The van der Waals surface area contributed by atoms with Crippen LogP contribution >= 0.6 is 0 Å². The molecule has 0 N–H and O–H groups in total. The summed E-state index contributed by atoms with van der Waals surface area (Å²) in [6.07, 6.45) is 5.25. The van der Waals surface area contributed by atoms with Gasteiger partial charge < -0.3 is 14.2 Å². The number of carbonyl (C=O) groups is 2. The lowest BCUT2D eigenvalue weighted by Crippen LogP contribution is -2.50. The number of rotatable bonds is 3. The average molecular weight is 351 g/mol. The Morgan fingerprint density at radius 3 is 2.80 bits per heavy atom. The standard InChI is InChI=1S/C19H29NO5/c1-12-17-15(19(22)24-12)10-13-4-2-3-5-14(13)18(17)25-16(21)11-20-6-8-23-9-7-20/h12-15,17-18H,2-11H2,1H3. The first-order chi connectivity index (χ1) is 12.1. The predicted octanol–water partition coefficient (Wildman–Crippen LogP) is 1.62. The first-order valence-electron chi connectivity index (χ1n) is 9.83. The van der Waals surface area contributed by atoms with Crippen molar-refractivity contribution in [3.05, 3.63) is 0 Å². The van der Waals surface area contributed by atoms with Crippen molar-refractivity contribution in [1.82, 2.24) is 4.90 Å². The van der Waals surface area contributed by atoms with Gasteiger partial charge in [-0.2, -0.15) is 0 Å². The van der Waals surface area contributed by atoms with E-state index in [9.17, 15) is 9.59 Å². The minimum absolute atomic E-state index is 0.0282. The highest BCUT2D eigenvalue weighted by molar-refractivity contribution is 5.76. The Hall–Kier alpha value is -1.14. The molecule has 140 valence electrons. The normalized spacial score (nSPS) is 41.6. The maximum atomic E-state index is 12.6. The summed E-state index contributed by atoms with van der Waals surface area (Å²) < 4.78 is 16.9. The summed E-state index contributed by atoms with van der Waals surface area (Å²) in [4.78, 5) is 26.9. The second kappa shape index (κ2) is 7.23. The number of cyclic esters (lactones) is 1. The Bertz CT molecular complexity index is 518. The zero-order valence-corrected chi connectivity index (χ0v) is 15.0. The second-order valence-electron chi connectivity index (χ2n) is 8.11. The topological polar surface area (TPSA) is 65.1 Å². The monoisotopic (exact) mass is 351 g/mol. The molecule has 0 bridgehead atoms. The molecule has 25 heavy (non-hydrogen) atoms. The number of nitrogens with zero attached hydrogens (tertiary/aromatic N) is 1. The largest absolute Gasteiger partial charge is 0.462 e. The number of esters is 2. The molecule has 6 unspecified atom stereocenters. The van der Waals surface area contributed by atoms with Crippen molar-refractivity contribution < 1.29 is 23.8 Å². The summed E-state index contributed by atoms with van der Waals surface area (Å²) >= 11 is 0. The summed E-state index contributed by atoms with van der Waals surface area (Å²) in [6, 6.07) is 0. The third-order valence-electron chi connectivity index (χ3n) is 6.66. The first kappa shape index (κ1) is 17.3. The van der Waals surface area contributed by atoms with E-state index >= 15 is 0 Å². The molecular weight excluding hydrogens is 322 g/mol. The summed E-state index contributed by atoms with van der Waals surface area (Å²) in [7, 11) is 0. The van der Waals surface area contributed by atoms with Gasteiger partial charge in [-0.25, -0.2) is 0 Å². The molecule has 2 aliphatic carbocycles. The lowest BCUT2D eigenvalue weighted by atomic mass is 9.61. The van der Waals surface area contributed by atoms with E-state index in [4.69, 9.17) is 14.2 Å². The Labute approximate surface area is 149 Å². The van der Waals surface area contributed by atoms with Gasteiger partial charge in [-0.05, 0) is 31.6 Å². The van der Waals surface area contributed by atoms with Crippen LogP contribution < -0.4 is 0 Å². The molecule has 2 saturated heterocycles. The number of hydrogen-bond acceptors (Lipinski definition) is 6. The lowest BCUT2D eigenvalue weighted by molar-refractivity contribution is -0.167. The van der Waals surface area contributed by atoms with Gasteiger partial charge in [-0.3, -0.25) is 14.5 Å². The molecule has 4 fully saturated rings. The molecule has 2 heterocycles. The van der Waals surface area contributed by atoms with E-state index in [1.165, 1.54) is 12.8 Å². The predicted molar refractivity (Wildman–Crippen MR) is 89.7 cm³/mol. The molecule has 6 atom stereocenters. The Morgan fingerprint density at radius 1 is 1.24 bits per heavy atom. The number of carbonyl (C=O) groups excluding carboxylic acids is 2. The molecule has 6 heteroatoms. The minimum Gasteiger partial charge on any atom is -0.462 e. The van der Waals surface area contributed by atoms with Gasteiger partial charge in [0, 0.05) is 19.0 Å². The van der Waals surface area contributed by atoms with Crippen molar-refractivity contribution in [3.63, 3.8) is 0 Å². The summed E-state index contributed by atoms with van der Waals surface area (Å²) in [5.41, 5.74) is 0. The lowest BCUT2D eigenvalue weighted by Gasteiger charge is -2.46. The fourth-order valence-electron chi connectivity index (χ4n) is 5.45. The molecule has 0 radical (unpaired) electrons. The van der Waals surface area contributed by atoms with Gasteiger partial charge in [0.1, 0.15) is 12.2 Å². The van der Waals surface area contributed by atoms with Crippen LogP contribution in [0.2, 0.25) is 0 Å². The number of hydrogen-bond donors (Lipinski definition) is 0. The van der Waals surface area contributed by atoms with Crippen LogP contribution in [0.25, 0.3) is 0 Å². The van der Waals surface area contributed by atoms with E-state index < -0.39 is 0 Å². The van der Waals surface area contributed by atoms with E-state index in [1.54, 1.807) is 0 Å². The van der Waals surface area contributed by atoms with E-state index in [2.05, 4.69) is 4.90 Å². The van der Waals surface area contributed by atoms with Crippen molar-refractivity contribution in [2.75, 3.05) is 32.8 Å². The van der Waals surface area contributed by atoms with Gasteiger partial charge >= 0.3 is 11.9 Å². The first-order valence-corrected chi connectivity index (χ1v) is 9.83. The quantitative estimate of drug-likeness (QED) is 0.720. The maximum absolute atomic E-state index is 12.6. The van der Waals surface area contributed by atoms with Gasteiger partial charge in [0.2, 0.25) is 0 Å². The molecular formula is C19H29NO5. The van der Waals surface area contributed by atoms with Crippen LogP contribution in [0.5, 0.6) is 0 Å². The molecule has 0 aromatic heterocycles. The van der Waals surface area contributed by atoms with E-state index in [0.29, 0.717) is 31.6 Å². The van der Waals surface area contributed by atoms with E-state index in [0.717, 1.165) is 32.4 Å². The minimum atomic E-state index is -0.168. The summed E-state index contributed by atoms with van der Waals surface area (Å²) in [6.45, 7) is 5.16. The van der Waals surface area contributed by atoms with Crippen molar-refractivity contribution in [2.24, 2.45) is 23.7 Å². The van der Waals surface area contributed by atoms with Crippen LogP contribution in [-0.4, -0.2) is 61.9 Å². The number of fused-ring (bicyclic) bond motifs is 2. The average Bonchev–Trinajstić information content (AvgIpc) is 2.89. The molecule has 0 aromatic carbocycles. The van der Waals surface area contributed by atoms with Crippen LogP contribution in [-0.2, 0) is 23.8 Å². The van der Waals surface area contributed by atoms with Crippen LogP contribution in [0.1, 0.15) is 39.0 Å². The second-order valence-corrected chi connectivity index (χ2v) is 8.11. The Kier molecular flexibility index (Phi) is 5.00. The Balaban J connectivity index is 1.47. The molecule has 6 nitrogen and oxygen atoms in total. The van der Waals surface area contributed by atoms with Gasteiger partial charge in [0.25, 0.3) is 0 Å². The van der Waals surface area contributed by atoms with Crippen LogP contribution in [0, 0.1) is 23.7 Å². The molecule has 2 aliphatic heterocycles. The highest BCUT2D eigenvalue weighted by Gasteiger charge is 2.56. The van der Waals surface area contributed by atoms with Crippen molar-refractivity contribution in [3.8, 4) is 0 Å². The maximum Gasteiger partial charge on any atom is 0.320 e. The molecule has 4 rings (SSSR count). The van der Waals surface area contributed by atoms with Crippen LogP contribution in [0.15, 0.2) is 0 Å². The highest BCUT2D eigenvalue weighted by Crippen LogP contribution is 2.51. The number of morpholine rings is 1. The molecule has 0 aromatic rings. The van der Waals surface area contributed by atoms with Crippen LogP contribution in [0.3, 0.4) is 0 Å². The van der Waals surface area contributed by atoms with Crippen molar-refractivity contribution >= 4 is 11.9 Å². The van der Waals surface area contributed by atoms with Gasteiger partial charge in [0.05, 0.1) is 25.7 Å². The fraction of sp³-hybridized carbons (Fsp3) is 0.895. The zero-order valence-electron chi connectivity index (χ0n) is 15.0. The van der Waals surface area contributed by atoms with Gasteiger partial charge in [-0.15, -0.1) is 0 Å². The van der Waals surface area contributed by atoms with Crippen LogP contribution in [0.4, 0.5) is 0 Å². The third kappa shape index (κ3) is 3.43.